The zero-order valence-electron chi connectivity index (χ0n) is 20.2. The zero-order valence-corrected chi connectivity index (χ0v) is 21.8. The number of rotatable bonds is 7. The third-order valence-electron chi connectivity index (χ3n) is 9.08. The highest BCUT2D eigenvalue weighted by atomic mass is 79.9. The lowest BCUT2D eigenvalue weighted by Crippen LogP contribution is -2.58. The van der Waals surface area contributed by atoms with Gasteiger partial charge in [-0.1, -0.05) is 20.8 Å². The third-order valence-corrected chi connectivity index (χ3v) is 9.84. The van der Waals surface area contributed by atoms with Gasteiger partial charge in [-0.25, -0.2) is 4.68 Å². The maximum atomic E-state index is 13.4. The lowest BCUT2D eigenvalue weighted by Gasteiger charge is -2.62. The molecule has 2 aromatic rings. The van der Waals surface area contributed by atoms with Crippen molar-refractivity contribution in [2.75, 3.05) is 5.32 Å². The Morgan fingerprint density at radius 2 is 1.97 bits per heavy atom. The summed E-state index contributed by atoms with van der Waals surface area (Å²) in [4.78, 5) is 30.1. The Kier molecular flexibility index (Phi) is 6.07. The first kappa shape index (κ1) is 23.5. The molecular formula is C26H34BrN5O2. The summed E-state index contributed by atoms with van der Waals surface area (Å²) in [6, 6.07) is 4.11. The van der Waals surface area contributed by atoms with Crippen molar-refractivity contribution in [3.63, 3.8) is 0 Å². The summed E-state index contributed by atoms with van der Waals surface area (Å²) in [5, 5.41) is 11.2. The first-order valence-electron chi connectivity index (χ1n) is 12.4. The van der Waals surface area contributed by atoms with E-state index in [1.165, 1.54) is 6.42 Å². The number of amides is 1. The molecule has 4 fully saturated rings. The van der Waals surface area contributed by atoms with E-state index in [2.05, 4.69) is 57.4 Å². The molecule has 2 bridgehead atoms. The predicted octanol–water partition coefficient (Wildman–Crippen LogP) is 4.47. The molecule has 2 N–H and O–H groups in total. The summed E-state index contributed by atoms with van der Waals surface area (Å²) >= 11 is 3.56. The molecule has 1 amide bonds. The minimum atomic E-state index is -0.551. The van der Waals surface area contributed by atoms with E-state index in [1.807, 2.05) is 12.1 Å². The molecule has 4 aliphatic carbocycles. The number of nitrogens with zero attached hydrogens (tertiary/aromatic N) is 3. The number of fused-ring (bicyclic) bond motifs is 2. The van der Waals surface area contributed by atoms with Gasteiger partial charge in [0.15, 0.2) is 0 Å². The minimum absolute atomic E-state index is 0.0681. The normalized spacial score (nSPS) is 28.4. The van der Waals surface area contributed by atoms with Crippen LogP contribution in [0.15, 0.2) is 40.0 Å². The number of anilines is 1. The highest BCUT2D eigenvalue weighted by Crippen LogP contribution is 2.61. The number of carbonyl (C=O) groups is 1. The van der Waals surface area contributed by atoms with Crippen LogP contribution in [-0.4, -0.2) is 26.7 Å². The number of hydrogen-bond acceptors (Lipinski definition) is 5. The van der Waals surface area contributed by atoms with Gasteiger partial charge in [0.05, 0.1) is 23.8 Å². The van der Waals surface area contributed by atoms with Crippen molar-refractivity contribution in [1.82, 2.24) is 20.1 Å². The Bertz CT molecular complexity index is 1130. The minimum Gasteiger partial charge on any atom is -0.380 e. The van der Waals surface area contributed by atoms with Crippen LogP contribution in [0.1, 0.15) is 64.9 Å². The largest absolute Gasteiger partial charge is 0.380 e. The van der Waals surface area contributed by atoms with Crippen molar-refractivity contribution in [3.8, 4) is 0 Å². The van der Waals surface area contributed by atoms with E-state index in [9.17, 15) is 9.59 Å². The van der Waals surface area contributed by atoms with Gasteiger partial charge in [0.1, 0.15) is 4.47 Å². The lowest BCUT2D eigenvalue weighted by molar-refractivity contribution is -0.125. The fraction of sp³-hybridized carbons (Fsp3) is 0.615. The number of aromatic nitrogens is 3. The number of pyridine rings is 1. The van der Waals surface area contributed by atoms with Gasteiger partial charge in [0.25, 0.3) is 5.56 Å². The van der Waals surface area contributed by atoms with E-state index in [-0.39, 0.29) is 17.9 Å². The summed E-state index contributed by atoms with van der Waals surface area (Å²) in [5.41, 5.74) is 1.46. The molecule has 0 saturated heterocycles. The molecule has 4 aliphatic rings. The summed E-state index contributed by atoms with van der Waals surface area (Å²) in [7, 11) is 0. The number of halogens is 1. The Morgan fingerprint density at radius 3 is 2.59 bits per heavy atom. The molecule has 4 saturated carbocycles. The van der Waals surface area contributed by atoms with Crippen LogP contribution in [0, 0.1) is 23.2 Å². The van der Waals surface area contributed by atoms with Crippen LogP contribution in [0.25, 0.3) is 0 Å². The van der Waals surface area contributed by atoms with Crippen molar-refractivity contribution < 1.29 is 4.79 Å². The second-order valence-corrected chi connectivity index (χ2v) is 12.0. The smallest absolute Gasteiger partial charge is 0.283 e. The van der Waals surface area contributed by atoms with Crippen LogP contribution in [0.2, 0.25) is 0 Å². The van der Waals surface area contributed by atoms with Crippen molar-refractivity contribution in [2.45, 2.75) is 77.4 Å². The van der Waals surface area contributed by atoms with Gasteiger partial charge in [-0.2, -0.15) is 5.10 Å². The van der Waals surface area contributed by atoms with Crippen molar-refractivity contribution in [3.05, 3.63) is 51.1 Å². The van der Waals surface area contributed by atoms with E-state index >= 15 is 0 Å². The van der Waals surface area contributed by atoms with Gasteiger partial charge in [-0.15, -0.1) is 0 Å². The predicted molar refractivity (Wildman–Crippen MR) is 135 cm³/mol. The number of carbonyl (C=O) groups excluding carboxylic acids is 1. The Hall–Kier alpha value is -2.22. The molecular weight excluding hydrogens is 494 g/mol. The highest BCUT2D eigenvalue weighted by Gasteiger charge is 2.56. The van der Waals surface area contributed by atoms with Crippen LogP contribution in [0.5, 0.6) is 0 Å². The molecule has 0 aliphatic heterocycles. The molecule has 8 heteroatoms. The van der Waals surface area contributed by atoms with Crippen LogP contribution in [-0.2, 0) is 16.9 Å². The molecule has 182 valence electrons. The van der Waals surface area contributed by atoms with Crippen LogP contribution >= 0.6 is 15.9 Å². The Labute approximate surface area is 209 Å². The van der Waals surface area contributed by atoms with E-state index in [1.54, 1.807) is 23.3 Å². The van der Waals surface area contributed by atoms with E-state index < -0.39 is 5.54 Å². The molecule has 0 aromatic carbocycles. The molecule has 0 spiro atoms. The first-order valence-corrected chi connectivity index (χ1v) is 13.2. The van der Waals surface area contributed by atoms with Gasteiger partial charge >= 0.3 is 0 Å². The lowest BCUT2D eigenvalue weighted by atomic mass is 9.45. The fourth-order valence-electron chi connectivity index (χ4n) is 6.52. The summed E-state index contributed by atoms with van der Waals surface area (Å²) in [6.45, 7) is 7.56. The zero-order chi connectivity index (χ0) is 24.1. The average molecular weight is 528 g/mol. The SMILES string of the molecule is C[C@@H]1[C@H]2C[C@@H](C[C@H]1Nc1cnn(C3(CC(=O)NCc4ccncc4)CCC3)c(=O)c1Br)C2(C)C. The quantitative estimate of drug-likeness (QED) is 0.554. The third kappa shape index (κ3) is 3.97. The Morgan fingerprint density at radius 1 is 1.24 bits per heavy atom. The van der Waals surface area contributed by atoms with E-state index in [4.69, 9.17) is 0 Å². The summed E-state index contributed by atoms with van der Waals surface area (Å²) in [5.74, 6) is 1.94. The summed E-state index contributed by atoms with van der Waals surface area (Å²) < 4.78 is 2.06. The maximum Gasteiger partial charge on any atom is 0.283 e. The molecule has 0 unspecified atom stereocenters. The van der Waals surface area contributed by atoms with Crippen LogP contribution in [0.3, 0.4) is 0 Å². The molecule has 2 aromatic heterocycles. The van der Waals surface area contributed by atoms with Gasteiger partial charge in [-0.3, -0.25) is 14.6 Å². The second kappa shape index (κ2) is 8.77. The Balaban J connectivity index is 1.28. The number of hydrogen-bond donors (Lipinski definition) is 2. The molecule has 0 radical (unpaired) electrons. The molecule has 6 rings (SSSR count). The van der Waals surface area contributed by atoms with Crippen molar-refractivity contribution in [1.29, 1.82) is 0 Å². The second-order valence-electron chi connectivity index (χ2n) is 11.2. The van der Waals surface area contributed by atoms with Crippen molar-refractivity contribution in [2.24, 2.45) is 23.2 Å². The van der Waals surface area contributed by atoms with Crippen LogP contribution < -0.4 is 16.2 Å². The van der Waals surface area contributed by atoms with Gasteiger partial charge in [-0.05, 0) is 88.9 Å². The fourth-order valence-corrected chi connectivity index (χ4v) is 6.91. The topological polar surface area (TPSA) is 88.9 Å². The standard InChI is InChI=1S/C26H34BrN5O2/c1-16-19-11-18(25(19,2)3)12-20(16)31-21-15-30-32(24(34)23(21)27)26(7-4-8-26)13-22(33)29-14-17-5-9-28-10-6-17/h5-6,9-10,15-16,18-20,31H,4,7-8,11-14H2,1-3H3,(H,29,33)/t16-,18+,19-,20-/m1/s1. The maximum absolute atomic E-state index is 13.4. The molecule has 2 heterocycles. The average Bonchev–Trinajstić information content (AvgIpc) is 2.80. The van der Waals surface area contributed by atoms with E-state index in [0.29, 0.717) is 28.4 Å². The number of nitrogens with one attached hydrogen (secondary N) is 2. The van der Waals surface area contributed by atoms with Gasteiger partial charge in [0, 0.05) is 25.0 Å². The van der Waals surface area contributed by atoms with Gasteiger partial charge < -0.3 is 10.6 Å². The molecule has 4 atom stereocenters. The van der Waals surface area contributed by atoms with E-state index in [0.717, 1.165) is 48.8 Å². The summed E-state index contributed by atoms with van der Waals surface area (Å²) in [6.07, 6.45) is 10.4. The van der Waals surface area contributed by atoms with Crippen molar-refractivity contribution >= 4 is 27.5 Å². The monoisotopic (exact) mass is 527 g/mol. The highest BCUT2D eigenvalue weighted by molar-refractivity contribution is 9.10. The molecule has 7 nitrogen and oxygen atoms in total. The first-order chi connectivity index (χ1) is 16.2. The van der Waals surface area contributed by atoms with Crippen LogP contribution in [0.4, 0.5) is 5.69 Å². The van der Waals surface area contributed by atoms with Gasteiger partial charge in [0.2, 0.25) is 5.91 Å². The molecule has 34 heavy (non-hydrogen) atoms.